The molecule has 1 aromatic rings. The summed E-state index contributed by atoms with van der Waals surface area (Å²) in [6.07, 6.45) is 0. The van der Waals surface area contributed by atoms with Crippen LogP contribution in [0.25, 0.3) is 0 Å². The van der Waals surface area contributed by atoms with Crippen LogP contribution in [0.4, 0.5) is 5.69 Å². The lowest BCUT2D eigenvalue weighted by molar-refractivity contribution is 0.188. The van der Waals surface area contributed by atoms with E-state index < -0.39 is 0 Å². The van der Waals surface area contributed by atoms with Gasteiger partial charge in [0.25, 0.3) is 0 Å². The fraction of sp³-hybridized carbons (Fsp3) is 0.538. The summed E-state index contributed by atoms with van der Waals surface area (Å²) in [6.45, 7) is 4.66. The van der Waals surface area contributed by atoms with Crippen molar-refractivity contribution in [3.8, 4) is 0 Å². The van der Waals surface area contributed by atoms with E-state index in [-0.39, 0.29) is 13.2 Å². The number of β-amino-alcohol motifs (C(OH)–C–C–N with tert-alkyl or cyclic N) is 1. The number of aliphatic hydroxyl groups excluding tert-OH is 2. The number of piperazine rings is 1. The van der Waals surface area contributed by atoms with Gasteiger partial charge in [0.1, 0.15) is 0 Å². The van der Waals surface area contributed by atoms with Crippen molar-refractivity contribution in [1.82, 2.24) is 4.90 Å². The van der Waals surface area contributed by atoms with Crippen molar-refractivity contribution in [2.24, 2.45) is 0 Å². The lowest BCUT2D eigenvalue weighted by Crippen LogP contribution is -2.47. The van der Waals surface area contributed by atoms with Gasteiger partial charge in [0.05, 0.1) is 13.2 Å². The molecular weight excluding hydrogens is 252 g/mol. The Morgan fingerprint density at radius 3 is 2.44 bits per heavy atom. The van der Waals surface area contributed by atoms with Gasteiger partial charge >= 0.3 is 0 Å². The van der Waals surface area contributed by atoms with Gasteiger partial charge in [-0.3, -0.25) is 4.90 Å². The van der Waals surface area contributed by atoms with Crippen molar-refractivity contribution < 1.29 is 10.2 Å². The highest BCUT2D eigenvalue weighted by Crippen LogP contribution is 2.25. The van der Waals surface area contributed by atoms with Crippen LogP contribution in [0.15, 0.2) is 18.2 Å². The zero-order valence-electron chi connectivity index (χ0n) is 10.3. The van der Waals surface area contributed by atoms with Crippen LogP contribution in [0.1, 0.15) is 5.56 Å². The molecule has 0 atom stereocenters. The van der Waals surface area contributed by atoms with E-state index in [0.717, 1.165) is 44.0 Å². The number of hydrogen-bond acceptors (Lipinski definition) is 4. The third-order valence-electron chi connectivity index (χ3n) is 3.34. The molecule has 5 heteroatoms. The standard InChI is InChI=1S/C13H19ClN2O2/c14-12-1-2-13(11(9-12)10-18)16-5-3-15(4-6-16)7-8-17/h1-2,9,17-18H,3-8,10H2. The third-order valence-corrected chi connectivity index (χ3v) is 3.58. The molecule has 1 heterocycles. The molecule has 0 spiro atoms. The average Bonchev–Trinajstić information content (AvgIpc) is 2.40. The predicted molar refractivity (Wildman–Crippen MR) is 73.1 cm³/mol. The maximum absolute atomic E-state index is 9.38. The van der Waals surface area contributed by atoms with Crippen LogP contribution < -0.4 is 4.90 Å². The topological polar surface area (TPSA) is 46.9 Å². The maximum atomic E-state index is 9.38. The smallest absolute Gasteiger partial charge is 0.0702 e. The molecule has 1 aliphatic rings. The minimum absolute atomic E-state index is 0.00669. The predicted octanol–water partition coefficient (Wildman–Crippen LogP) is 0.947. The van der Waals surface area contributed by atoms with E-state index >= 15 is 0 Å². The monoisotopic (exact) mass is 270 g/mol. The van der Waals surface area contributed by atoms with Crippen molar-refractivity contribution >= 4 is 17.3 Å². The molecule has 0 amide bonds. The first-order valence-electron chi connectivity index (χ1n) is 6.22. The Morgan fingerprint density at radius 1 is 1.11 bits per heavy atom. The Kier molecular flexibility index (Phi) is 4.83. The minimum Gasteiger partial charge on any atom is -0.395 e. The molecule has 0 aliphatic carbocycles. The highest BCUT2D eigenvalue weighted by Gasteiger charge is 2.18. The van der Waals surface area contributed by atoms with E-state index in [4.69, 9.17) is 16.7 Å². The second-order valence-corrected chi connectivity index (χ2v) is 4.92. The molecule has 1 saturated heterocycles. The van der Waals surface area contributed by atoms with E-state index in [0.29, 0.717) is 5.02 Å². The minimum atomic E-state index is 0.00669. The molecule has 2 N–H and O–H groups in total. The van der Waals surface area contributed by atoms with Gasteiger partial charge in [0.15, 0.2) is 0 Å². The average molecular weight is 271 g/mol. The molecule has 4 nitrogen and oxygen atoms in total. The lowest BCUT2D eigenvalue weighted by Gasteiger charge is -2.36. The van der Waals surface area contributed by atoms with Gasteiger partial charge in [-0.2, -0.15) is 0 Å². The van der Waals surface area contributed by atoms with Crippen LogP contribution in [-0.2, 0) is 6.61 Å². The molecule has 0 saturated carbocycles. The SMILES string of the molecule is OCCN1CCN(c2ccc(Cl)cc2CO)CC1. The van der Waals surface area contributed by atoms with Gasteiger partial charge in [-0.05, 0) is 18.2 Å². The Labute approximate surface area is 112 Å². The summed E-state index contributed by atoms with van der Waals surface area (Å²) < 4.78 is 0. The molecule has 1 aromatic carbocycles. The number of halogens is 1. The first-order valence-corrected chi connectivity index (χ1v) is 6.60. The fourth-order valence-corrected chi connectivity index (χ4v) is 2.54. The van der Waals surface area contributed by atoms with Gasteiger partial charge in [-0.1, -0.05) is 11.6 Å². The van der Waals surface area contributed by atoms with Crippen molar-refractivity contribution in [2.45, 2.75) is 6.61 Å². The zero-order valence-corrected chi connectivity index (χ0v) is 11.1. The Balaban J connectivity index is 2.05. The Hall–Kier alpha value is -0.810. The molecule has 1 aliphatic heterocycles. The van der Waals surface area contributed by atoms with Crippen LogP contribution in [-0.4, -0.2) is 54.4 Å². The van der Waals surface area contributed by atoms with Gasteiger partial charge in [0, 0.05) is 49.0 Å². The molecular formula is C13H19ClN2O2. The number of aliphatic hydroxyl groups is 2. The lowest BCUT2D eigenvalue weighted by atomic mass is 10.1. The van der Waals surface area contributed by atoms with E-state index in [1.807, 2.05) is 18.2 Å². The summed E-state index contributed by atoms with van der Waals surface area (Å²) >= 11 is 5.93. The van der Waals surface area contributed by atoms with Gasteiger partial charge in [0.2, 0.25) is 0 Å². The molecule has 1 fully saturated rings. The van der Waals surface area contributed by atoms with E-state index in [1.54, 1.807) is 0 Å². The molecule has 2 rings (SSSR count). The summed E-state index contributed by atoms with van der Waals surface area (Å²) in [6, 6.07) is 5.64. The summed E-state index contributed by atoms with van der Waals surface area (Å²) in [7, 11) is 0. The molecule has 0 bridgehead atoms. The van der Waals surface area contributed by atoms with E-state index in [1.165, 1.54) is 0 Å². The van der Waals surface area contributed by atoms with Crippen molar-refractivity contribution in [3.63, 3.8) is 0 Å². The first-order chi connectivity index (χ1) is 8.74. The third kappa shape index (κ3) is 3.14. The second kappa shape index (κ2) is 6.38. The quantitative estimate of drug-likeness (QED) is 0.855. The molecule has 0 unspecified atom stereocenters. The molecule has 0 radical (unpaired) electrons. The van der Waals surface area contributed by atoms with E-state index in [2.05, 4.69) is 9.80 Å². The summed E-state index contributed by atoms with van der Waals surface area (Å²) in [5, 5.41) is 18.9. The Bertz CT molecular complexity index is 393. The normalized spacial score (nSPS) is 17.2. The molecule has 0 aromatic heterocycles. The fourth-order valence-electron chi connectivity index (χ4n) is 2.34. The number of nitrogens with zero attached hydrogens (tertiary/aromatic N) is 2. The van der Waals surface area contributed by atoms with Crippen LogP contribution in [0.2, 0.25) is 5.02 Å². The van der Waals surface area contributed by atoms with Crippen LogP contribution in [0.3, 0.4) is 0 Å². The maximum Gasteiger partial charge on any atom is 0.0702 e. The number of rotatable bonds is 4. The van der Waals surface area contributed by atoms with Crippen molar-refractivity contribution in [3.05, 3.63) is 28.8 Å². The van der Waals surface area contributed by atoms with Crippen molar-refractivity contribution in [1.29, 1.82) is 0 Å². The highest BCUT2D eigenvalue weighted by atomic mass is 35.5. The summed E-state index contributed by atoms with van der Waals surface area (Å²) in [5.74, 6) is 0. The first kappa shape index (κ1) is 13.6. The van der Waals surface area contributed by atoms with Crippen LogP contribution in [0.5, 0.6) is 0 Å². The molecule has 18 heavy (non-hydrogen) atoms. The number of hydrogen-bond donors (Lipinski definition) is 2. The number of anilines is 1. The van der Waals surface area contributed by atoms with Crippen LogP contribution >= 0.6 is 11.6 Å². The van der Waals surface area contributed by atoms with Gasteiger partial charge in [-0.15, -0.1) is 0 Å². The summed E-state index contributed by atoms with van der Waals surface area (Å²) in [5.41, 5.74) is 1.93. The van der Waals surface area contributed by atoms with E-state index in [9.17, 15) is 5.11 Å². The summed E-state index contributed by atoms with van der Waals surface area (Å²) in [4.78, 5) is 4.50. The molecule has 100 valence electrons. The zero-order chi connectivity index (χ0) is 13.0. The Morgan fingerprint density at radius 2 is 1.83 bits per heavy atom. The second-order valence-electron chi connectivity index (χ2n) is 4.48. The number of benzene rings is 1. The highest BCUT2D eigenvalue weighted by molar-refractivity contribution is 6.30. The van der Waals surface area contributed by atoms with Gasteiger partial charge in [-0.25, -0.2) is 0 Å². The van der Waals surface area contributed by atoms with Crippen LogP contribution in [0, 0.1) is 0 Å². The van der Waals surface area contributed by atoms with Crippen molar-refractivity contribution in [2.75, 3.05) is 44.2 Å². The largest absolute Gasteiger partial charge is 0.395 e. The van der Waals surface area contributed by atoms with Gasteiger partial charge < -0.3 is 15.1 Å².